The van der Waals surface area contributed by atoms with Crippen molar-refractivity contribution in [3.63, 3.8) is 0 Å². The first-order valence-corrected chi connectivity index (χ1v) is 8.16. The smallest absolute Gasteiger partial charge is 0.351 e. The number of hydrogen-bond donors (Lipinski definition) is 1. The number of nitrogens with zero attached hydrogens (tertiary/aromatic N) is 2. The number of hydrogen-bond acceptors (Lipinski definition) is 6. The van der Waals surface area contributed by atoms with E-state index in [1.165, 1.54) is 19.5 Å². The normalized spacial score (nSPS) is 15.7. The van der Waals surface area contributed by atoms with Crippen molar-refractivity contribution in [2.24, 2.45) is 4.99 Å². The lowest BCUT2D eigenvalue weighted by atomic mass is 9.99. The second-order valence-electron chi connectivity index (χ2n) is 5.32. The average molecular weight is 380 g/mol. The molecule has 1 aliphatic heterocycles. The molecule has 0 spiro atoms. The van der Waals surface area contributed by atoms with Crippen LogP contribution in [0.4, 0.5) is 5.69 Å². The highest BCUT2D eigenvalue weighted by Gasteiger charge is 2.27. The van der Waals surface area contributed by atoms with Crippen LogP contribution in [0.3, 0.4) is 0 Å². The number of esters is 1. The first-order chi connectivity index (χ1) is 12.0. The van der Waals surface area contributed by atoms with Gasteiger partial charge in [-0.05, 0) is 17.7 Å². The molecule has 3 rings (SSSR count). The van der Waals surface area contributed by atoms with Gasteiger partial charge in [0.25, 0.3) is 0 Å². The van der Waals surface area contributed by atoms with E-state index in [2.05, 4.69) is 15.3 Å². The molecule has 1 atom stereocenters. The van der Waals surface area contributed by atoms with E-state index < -0.39 is 12.1 Å². The summed E-state index contributed by atoms with van der Waals surface area (Å²) >= 11 is 12.4. The summed E-state index contributed by atoms with van der Waals surface area (Å²) in [5, 5.41) is 3.93. The Bertz CT molecular complexity index is 835. The van der Waals surface area contributed by atoms with Crippen LogP contribution < -0.4 is 10.1 Å². The van der Waals surface area contributed by atoms with E-state index in [-0.39, 0.29) is 0 Å². The molecular weight excluding hydrogens is 365 g/mol. The van der Waals surface area contributed by atoms with Gasteiger partial charge in [0.15, 0.2) is 0 Å². The topological polar surface area (TPSA) is 72.8 Å². The van der Waals surface area contributed by atoms with E-state index >= 15 is 0 Å². The predicted octanol–water partition coefficient (Wildman–Crippen LogP) is 3.35. The number of methoxy groups -OCH3 is 2. The molecule has 25 heavy (non-hydrogen) atoms. The van der Waals surface area contributed by atoms with Crippen LogP contribution in [0.15, 0.2) is 35.6 Å². The summed E-state index contributed by atoms with van der Waals surface area (Å²) in [5.74, 6) is 0.175. The quantitative estimate of drug-likeness (QED) is 0.824. The number of aromatic nitrogens is 1. The minimum absolute atomic E-state index is 0.356. The van der Waals surface area contributed by atoms with E-state index in [1.54, 1.807) is 13.2 Å². The minimum Gasteiger partial charge on any atom is -0.497 e. The lowest BCUT2D eigenvalue weighted by Crippen LogP contribution is -2.34. The third-order valence-corrected chi connectivity index (χ3v) is 4.49. The van der Waals surface area contributed by atoms with Crippen LogP contribution in [0.2, 0.25) is 10.0 Å². The highest BCUT2D eigenvalue weighted by Crippen LogP contribution is 2.31. The number of nitrogens with one attached hydrogen (secondary N) is 1. The maximum Gasteiger partial charge on any atom is 0.351 e. The lowest BCUT2D eigenvalue weighted by Gasteiger charge is -2.25. The van der Waals surface area contributed by atoms with Crippen molar-refractivity contribution in [3.05, 3.63) is 51.8 Å². The Morgan fingerprint density at radius 1 is 1.24 bits per heavy atom. The maximum absolute atomic E-state index is 12.0. The number of benzene rings is 1. The van der Waals surface area contributed by atoms with Crippen molar-refractivity contribution in [1.82, 2.24) is 4.98 Å². The highest BCUT2D eigenvalue weighted by molar-refractivity contribution is 6.36. The van der Waals surface area contributed by atoms with Crippen molar-refractivity contribution in [2.45, 2.75) is 12.6 Å². The Labute approximate surface area is 154 Å². The molecule has 0 radical (unpaired) electrons. The number of ether oxygens (including phenoxy) is 2. The summed E-state index contributed by atoms with van der Waals surface area (Å²) in [6, 6.07) is 5.50. The maximum atomic E-state index is 12.0. The molecule has 2 heterocycles. The fourth-order valence-corrected chi connectivity index (χ4v) is 3.06. The molecule has 1 aliphatic rings. The third-order valence-electron chi connectivity index (χ3n) is 3.84. The van der Waals surface area contributed by atoms with E-state index in [4.69, 9.17) is 32.7 Å². The molecule has 0 aliphatic carbocycles. The Morgan fingerprint density at radius 3 is 2.60 bits per heavy atom. The van der Waals surface area contributed by atoms with Gasteiger partial charge in [-0.3, -0.25) is 9.98 Å². The standard InChI is InChI=1S/C17H15Cl2N3O3/c1-24-9-3-4-10-14(5-9)21-16(17(23)25-2)22-15(10)6-11-12(18)7-20-8-13(11)19/h3-5,7-8,16,21H,6H2,1-2H3. The SMILES string of the molecule is COC(=O)C1N=C(Cc2c(Cl)cncc2Cl)c2ccc(OC)cc2N1. The monoisotopic (exact) mass is 379 g/mol. The molecule has 0 bridgehead atoms. The zero-order valence-corrected chi connectivity index (χ0v) is 15.1. The zero-order chi connectivity index (χ0) is 18.0. The number of aliphatic imine (C=N–C) groups is 1. The average Bonchev–Trinajstić information content (AvgIpc) is 2.63. The second kappa shape index (κ2) is 7.29. The first kappa shape index (κ1) is 17.5. The van der Waals surface area contributed by atoms with E-state index in [9.17, 15) is 4.79 Å². The molecule has 0 saturated heterocycles. The molecule has 6 nitrogen and oxygen atoms in total. The van der Waals surface area contributed by atoms with Crippen molar-refractivity contribution in [3.8, 4) is 5.75 Å². The van der Waals surface area contributed by atoms with E-state index in [0.717, 1.165) is 11.3 Å². The number of halogens is 2. The highest BCUT2D eigenvalue weighted by atomic mass is 35.5. The number of fused-ring (bicyclic) bond motifs is 1. The molecule has 0 saturated carbocycles. The molecule has 0 fully saturated rings. The van der Waals surface area contributed by atoms with Gasteiger partial charge < -0.3 is 14.8 Å². The molecule has 0 amide bonds. The van der Waals surface area contributed by atoms with Gasteiger partial charge in [-0.15, -0.1) is 0 Å². The van der Waals surface area contributed by atoms with Gasteiger partial charge in [-0.1, -0.05) is 23.2 Å². The first-order valence-electron chi connectivity index (χ1n) is 7.40. The van der Waals surface area contributed by atoms with Crippen LogP contribution in [0.5, 0.6) is 5.75 Å². The van der Waals surface area contributed by atoms with Crippen molar-refractivity contribution in [2.75, 3.05) is 19.5 Å². The van der Waals surface area contributed by atoms with Crippen LogP contribution in [0, 0.1) is 0 Å². The molecule has 8 heteroatoms. The van der Waals surface area contributed by atoms with Crippen molar-refractivity contribution in [1.29, 1.82) is 0 Å². The van der Waals surface area contributed by atoms with Gasteiger partial charge in [0.05, 0.1) is 30.0 Å². The molecule has 2 aromatic rings. The summed E-state index contributed by atoms with van der Waals surface area (Å²) in [6.07, 6.45) is 2.56. The largest absolute Gasteiger partial charge is 0.497 e. The van der Waals surface area contributed by atoms with Crippen LogP contribution >= 0.6 is 23.2 Å². The summed E-state index contributed by atoms with van der Waals surface area (Å²) in [6.45, 7) is 0. The van der Waals surface area contributed by atoms with Crippen LogP contribution in [-0.4, -0.2) is 37.1 Å². The Kier molecular flexibility index (Phi) is 5.11. The lowest BCUT2D eigenvalue weighted by molar-refractivity contribution is -0.141. The number of rotatable bonds is 4. The van der Waals surface area contributed by atoms with E-state index in [0.29, 0.717) is 33.5 Å². The van der Waals surface area contributed by atoms with Crippen molar-refractivity contribution < 1.29 is 14.3 Å². The van der Waals surface area contributed by atoms with Gasteiger partial charge >= 0.3 is 5.97 Å². The van der Waals surface area contributed by atoms with Crippen LogP contribution in [0.1, 0.15) is 11.1 Å². The van der Waals surface area contributed by atoms with Crippen molar-refractivity contribution >= 4 is 40.6 Å². The summed E-state index contributed by atoms with van der Waals surface area (Å²) < 4.78 is 10.1. The van der Waals surface area contributed by atoms with E-state index in [1.807, 2.05) is 12.1 Å². The molecule has 1 N–H and O–H groups in total. The zero-order valence-electron chi connectivity index (χ0n) is 13.5. The van der Waals surface area contributed by atoms with Crippen LogP contribution in [-0.2, 0) is 16.0 Å². The second-order valence-corrected chi connectivity index (χ2v) is 6.13. The van der Waals surface area contributed by atoms with Gasteiger partial charge in [0.2, 0.25) is 6.17 Å². The summed E-state index contributed by atoms with van der Waals surface area (Å²) in [5.41, 5.74) is 2.93. The predicted molar refractivity (Wildman–Crippen MR) is 96.9 cm³/mol. The number of carbonyl (C=O) groups is 1. The Balaban J connectivity index is 2.05. The summed E-state index contributed by atoms with van der Waals surface area (Å²) in [7, 11) is 2.89. The van der Waals surface area contributed by atoms with Gasteiger partial charge in [-0.2, -0.15) is 0 Å². The number of anilines is 1. The molecule has 1 aromatic carbocycles. The molecular formula is C17H15Cl2N3O3. The number of pyridine rings is 1. The summed E-state index contributed by atoms with van der Waals surface area (Å²) in [4.78, 5) is 20.4. The fourth-order valence-electron chi connectivity index (χ4n) is 2.56. The van der Waals surface area contributed by atoms with Gasteiger partial charge in [-0.25, -0.2) is 4.79 Å². The number of carbonyl (C=O) groups excluding carboxylic acids is 1. The Morgan fingerprint density at radius 2 is 1.96 bits per heavy atom. The molecule has 1 unspecified atom stereocenters. The van der Waals surface area contributed by atoms with Crippen LogP contribution in [0.25, 0.3) is 0 Å². The third kappa shape index (κ3) is 3.55. The Hall–Kier alpha value is -2.31. The molecule has 130 valence electrons. The van der Waals surface area contributed by atoms with Gasteiger partial charge in [0, 0.05) is 36.1 Å². The van der Waals surface area contributed by atoms with Gasteiger partial charge in [0.1, 0.15) is 5.75 Å². The fraction of sp³-hybridized carbons (Fsp3) is 0.235. The molecule has 1 aromatic heterocycles. The minimum atomic E-state index is -0.848.